The molecule has 5 heteroatoms. The van der Waals surface area contributed by atoms with Crippen LogP contribution in [0.3, 0.4) is 0 Å². The van der Waals surface area contributed by atoms with Gasteiger partial charge in [0.15, 0.2) is 0 Å². The quantitative estimate of drug-likeness (QED) is 0.460. The predicted octanol–water partition coefficient (Wildman–Crippen LogP) is 0.958. The zero-order chi connectivity index (χ0) is 13.1. The van der Waals surface area contributed by atoms with E-state index in [1.807, 2.05) is 13.8 Å². The van der Waals surface area contributed by atoms with Crippen LogP contribution in [-0.4, -0.2) is 46.1 Å². The number of carbonyl (C=O) groups excluding carboxylic acids is 1. The number of carbonyl (C=O) groups is 1. The molecular weight excluding hydrogens is 222 g/mol. The van der Waals surface area contributed by atoms with Gasteiger partial charge < -0.3 is 19.9 Å². The smallest absolute Gasteiger partial charge is 0.311 e. The van der Waals surface area contributed by atoms with E-state index in [1.165, 1.54) is 0 Å². The van der Waals surface area contributed by atoms with Crippen LogP contribution < -0.4 is 5.73 Å². The second-order valence-electron chi connectivity index (χ2n) is 4.52. The maximum atomic E-state index is 11.7. The highest BCUT2D eigenvalue weighted by atomic mass is 16.5. The fraction of sp³-hybridized carbons (Fsp3) is 0.917. The summed E-state index contributed by atoms with van der Waals surface area (Å²) >= 11 is 0. The van der Waals surface area contributed by atoms with Gasteiger partial charge in [0.05, 0.1) is 25.2 Å². The number of ether oxygens (including phenoxy) is 3. The number of methoxy groups -OCH3 is 1. The number of rotatable bonds is 10. The van der Waals surface area contributed by atoms with Gasteiger partial charge in [-0.1, -0.05) is 0 Å². The van der Waals surface area contributed by atoms with Crippen LogP contribution in [0.2, 0.25) is 0 Å². The normalized spacial score (nSPS) is 11.5. The lowest BCUT2D eigenvalue weighted by Gasteiger charge is -2.21. The van der Waals surface area contributed by atoms with E-state index in [0.29, 0.717) is 45.8 Å². The molecule has 0 aliphatic heterocycles. The Labute approximate surface area is 104 Å². The Morgan fingerprint density at radius 3 is 2.47 bits per heavy atom. The van der Waals surface area contributed by atoms with Crippen molar-refractivity contribution in [2.75, 3.05) is 40.1 Å². The third-order valence-electron chi connectivity index (χ3n) is 2.42. The Bertz CT molecular complexity index is 207. The van der Waals surface area contributed by atoms with Crippen molar-refractivity contribution >= 4 is 5.97 Å². The van der Waals surface area contributed by atoms with E-state index >= 15 is 0 Å². The van der Waals surface area contributed by atoms with Crippen LogP contribution in [0.15, 0.2) is 0 Å². The first-order chi connectivity index (χ1) is 8.04. The molecule has 0 aromatic carbocycles. The third kappa shape index (κ3) is 8.12. The molecule has 0 rings (SSSR count). The van der Waals surface area contributed by atoms with Crippen LogP contribution >= 0.6 is 0 Å². The van der Waals surface area contributed by atoms with E-state index in [0.717, 1.165) is 0 Å². The average Bonchev–Trinajstić information content (AvgIpc) is 2.27. The summed E-state index contributed by atoms with van der Waals surface area (Å²) in [4.78, 5) is 11.7. The molecule has 0 aliphatic rings. The fourth-order valence-corrected chi connectivity index (χ4v) is 1.23. The summed E-state index contributed by atoms with van der Waals surface area (Å²) in [5.41, 5.74) is 4.94. The van der Waals surface area contributed by atoms with E-state index in [1.54, 1.807) is 7.11 Å². The van der Waals surface area contributed by atoms with Gasteiger partial charge in [0.1, 0.15) is 0 Å². The molecule has 0 fully saturated rings. The Morgan fingerprint density at radius 2 is 1.88 bits per heavy atom. The topological polar surface area (TPSA) is 70.8 Å². The molecule has 0 heterocycles. The van der Waals surface area contributed by atoms with Gasteiger partial charge in [0, 0.05) is 20.1 Å². The van der Waals surface area contributed by atoms with Gasteiger partial charge in [-0.2, -0.15) is 0 Å². The van der Waals surface area contributed by atoms with Gasteiger partial charge in [-0.15, -0.1) is 0 Å². The zero-order valence-electron chi connectivity index (χ0n) is 11.2. The van der Waals surface area contributed by atoms with Crippen molar-refractivity contribution in [1.82, 2.24) is 0 Å². The van der Waals surface area contributed by atoms with Gasteiger partial charge in [-0.25, -0.2) is 0 Å². The van der Waals surface area contributed by atoms with Gasteiger partial charge >= 0.3 is 5.97 Å². The predicted molar refractivity (Wildman–Crippen MR) is 65.7 cm³/mol. The summed E-state index contributed by atoms with van der Waals surface area (Å²) in [5.74, 6) is -0.195. The van der Waals surface area contributed by atoms with Crippen molar-refractivity contribution in [2.24, 2.45) is 11.1 Å². The second-order valence-corrected chi connectivity index (χ2v) is 4.52. The molecular formula is C12H25NO4. The lowest BCUT2D eigenvalue weighted by Crippen LogP contribution is -2.29. The maximum Gasteiger partial charge on any atom is 0.311 e. The van der Waals surface area contributed by atoms with Crippen molar-refractivity contribution in [3.05, 3.63) is 0 Å². The van der Waals surface area contributed by atoms with Crippen molar-refractivity contribution in [3.8, 4) is 0 Å². The minimum absolute atomic E-state index is 0.195. The zero-order valence-corrected chi connectivity index (χ0v) is 11.2. The molecule has 0 radical (unpaired) electrons. The fourth-order valence-electron chi connectivity index (χ4n) is 1.23. The Kier molecular flexibility index (Phi) is 9.03. The van der Waals surface area contributed by atoms with Crippen molar-refractivity contribution in [3.63, 3.8) is 0 Å². The monoisotopic (exact) mass is 247 g/mol. The largest absolute Gasteiger partial charge is 0.465 e. The summed E-state index contributed by atoms with van der Waals surface area (Å²) in [6.45, 7) is 6.30. The van der Waals surface area contributed by atoms with E-state index in [4.69, 9.17) is 19.9 Å². The molecule has 2 N–H and O–H groups in total. The molecule has 0 bridgehead atoms. The highest BCUT2D eigenvalue weighted by Crippen LogP contribution is 2.21. The summed E-state index contributed by atoms with van der Waals surface area (Å²) in [6, 6.07) is 0. The standard InChI is InChI=1S/C12H25NO4/c1-12(2,5-6-13)11(14)17-8-4-7-16-10-9-15-3/h4-10,13H2,1-3H3. The maximum absolute atomic E-state index is 11.7. The molecule has 0 aromatic rings. The molecule has 0 unspecified atom stereocenters. The highest BCUT2D eigenvalue weighted by Gasteiger charge is 2.28. The van der Waals surface area contributed by atoms with Crippen LogP contribution in [0, 0.1) is 5.41 Å². The molecule has 0 amide bonds. The summed E-state index contributed by atoms with van der Waals surface area (Å²) < 4.78 is 15.2. The van der Waals surface area contributed by atoms with Gasteiger partial charge in [-0.3, -0.25) is 4.79 Å². The first-order valence-electron chi connectivity index (χ1n) is 5.98. The summed E-state index contributed by atoms with van der Waals surface area (Å²) in [6.07, 6.45) is 1.34. The Hall–Kier alpha value is -0.650. The number of nitrogens with two attached hydrogens (primary N) is 1. The minimum Gasteiger partial charge on any atom is -0.465 e. The van der Waals surface area contributed by atoms with Crippen molar-refractivity contribution in [2.45, 2.75) is 26.7 Å². The molecule has 0 saturated heterocycles. The van der Waals surface area contributed by atoms with Crippen LogP contribution in [0.5, 0.6) is 0 Å². The number of esters is 1. The summed E-state index contributed by atoms with van der Waals surface area (Å²) in [5, 5.41) is 0. The minimum atomic E-state index is -0.494. The third-order valence-corrected chi connectivity index (χ3v) is 2.42. The molecule has 0 spiro atoms. The molecule has 102 valence electrons. The van der Waals surface area contributed by atoms with E-state index in [2.05, 4.69) is 0 Å². The van der Waals surface area contributed by atoms with Crippen molar-refractivity contribution < 1.29 is 19.0 Å². The van der Waals surface area contributed by atoms with Crippen LogP contribution in [-0.2, 0) is 19.0 Å². The van der Waals surface area contributed by atoms with Crippen molar-refractivity contribution in [1.29, 1.82) is 0 Å². The molecule has 0 atom stereocenters. The number of hydrogen-bond donors (Lipinski definition) is 1. The average molecular weight is 247 g/mol. The molecule has 0 aliphatic carbocycles. The second kappa shape index (κ2) is 9.39. The first kappa shape index (κ1) is 16.4. The Balaban J connectivity index is 3.51. The van der Waals surface area contributed by atoms with Crippen LogP contribution in [0.4, 0.5) is 0 Å². The van der Waals surface area contributed by atoms with E-state index < -0.39 is 5.41 Å². The molecule has 0 aromatic heterocycles. The van der Waals surface area contributed by atoms with Gasteiger partial charge in [0.2, 0.25) is 0 Å². The first-order valence-corrected chi connectivity index (χ1v) is 5.98. The molecule has 5 nitrogen and oxygen atoms in total. The van der Waals surface area contributed by atoms with E-state index in [-0.39, 0.29) is 5.97 Å². The molecule has 17 heavy (non-hydrogen) atoms. The van der Waals surface area contributed by atoms with Gasteiger partial charge in [0.25, 0.3) is 0 Å². The SMILES string of the molecule is COCCOCCCOC(=O)C(C)(C)CCN. The van der Waals surface area contributed by atoms with Gasteiger partial charge in [-0.05, 0) is 26.8 Å². The van der Waals surface area contributed by atoms with Crippen LogP contribution in [0.25, 0.3) is 0 Å². The highest BCUT2D eigenvalue weighted by molar-refractivity contribution is 5.75. The Morgan fingerprint density at radius 1 is 1.18 bits per heavy atom. The number of hydrogen-bond acceptors (Lipinski definition) is 5. The lowest BCUT2D eigenvalue weighted by molar-refractivity contribution is -0.154. The van der Waals surface area contributed by atoms with E-state index in [9.17, 15) is 4.79 Å². The lowest BCUT2D eigenvalue weighted by atomic mass is 9.90. The van der Waals surface area contributed by atoms with Crippen LogP contribution in [0.1, 0.15) is 26.7 Å². The molecule has 0 saturated carbocycles. The summed E-state index contributed by atoms with van der Waals surface area (Å²) in [7, 11) is 1.63.